The fraction of sp³-hybridized carbons (Fsp3) is 0.524. The van der Waals surface area contributed by atoms with Gasteiger partial charge in [0.2, 0.25) is 0 Å². The Morgan fingerprint density at radius 2 is 1.97 bits per heavy atom. The van der Waals surface area contributed by atoms with E-state index < -0.39 is 0 Å². The van der Waals surface area contributed by atoms with Crippen LogP contribution in [0.4, 0.5) is 11.6 Å². The van der Waals surface area contributed by atoms with Crippen LogP contribution >= 0.6 is 0 Å². The maximum atomic E-state index is 6.08. The summed E-state index contributed by atoms with van der Waals surface area (Å²) in [7, 11) is 0. The van der Waals surface area contributed by atoms with Crippen LogP contribution in [0.1, 0.15) is 56.4 Å². The van der Waals surface area contributed by atoms with Crippen molar-refractivity contribution in [2.45, 2.75) is 59.0 Å². The van der Waals surface area contributed by atoms with E-state index in [1.807, 2.05) is 13.1 Å². The summed E-state index contributed by atoms with van der Waals surface area (Å²) in [5, 5.41) is 4.51. The molecule has 0 amide bonds. The average molecular weight is 396 g/mol. The summed E-state index contributed by atoms with van der Waals surface area (Å²) in [4.78, 5) is 15.8. The fourth-order valence-corrected chi connectivity index (χ4v) is 3.73. The van der Waals surface area contributed by atoms with Crippen molar-refractivity contribution in [2.75, 3.05) is 23.7 Å². The lowest BCUT2D eigenvalue weighted by Gasteiger charge is -2.29. The second-order valence-corrected chi connectivity index (χ2v) is 7.81. The highest BCUT2D eigenvalue weighted by Crippen LogP contribution is 2.23. The van der Waals surface area contributed by atoms with E-state index in [-0.39, 0.29) is 12.1 Å². The van der Waals surface area contributed by atoms with Crippen molar-refractivity contribution in [2.24, 2.45) is 0 Å². The van der Waals surface area contributed by atoms with Crippen molar-refractivity contribution >= 4 is 17.3 Å². The minimum absolute atomic E-state index is 0.0213. The number of hydrogen-bond acceptors (Lipinski definition) is 7. The molecule has 0 saturated carbocycles. The quantitative estimate of drug-likeness (QED) is 0.685. The maximum Gasteiger partial charge on any atom is 0.336 e. The van der Waals surface area contributed by atoms with Crippen molar-refractivity contribution in [1.29, 1.82) is 0 Å². The Morgan fingerprint density at radius 3 is 2.69 bits per heavy atom. The van der Waals surface area contributed by atoms with Gasteiger partial charge in [-0.15, -0.1) is 5.10 Å². The second kappa shape index (κ2) is 8.23. The van der Waals surface area contributed by atoms with Crippen LogP contribution in [-0.2, 0) is 6.42 Å². The minimum atomic E-state index is 0.0213. The van der Waals surface area contributed by atoms with Crippen LogP contribution in [0.2, 0.25) is 0 Å². The van der Waals surface area contributed by atoms with Crippen LogP contribution < -0.4 is 15.4 Å². The van der Waals surface area contributed by atoms with Gasteiger partial charge < -0.3 is 15.4 Å². The molecule has 1 unspecified atom stereocenters. The molecule has 4 rings (SSSR count). The van der Waals surface area contributed by atoms with Crippen LogP contribution in [-0.4, -0.2) is 43.8 Å². The number of aryl methyl sites for hydroxylation is 1. The summed E-state index contributed by atoms with van der Waals surface area (Å²) in [5.41, 5.74) is 9.87. The Kier molecular flexibility index (Phi) is 5.51. The molecule has 29 heavy (non-hydrogen) atoms. The van der Waals surface area contributed by atoms with Gasteiger partial charge in [0.25, 0.3) is 0 Å². The van der Waals surface area contributed by atoms with Crippen LogP contribution in [0.15, 0.2) is 18.5 Å². The van der Waals surface area contributed by atoms with E-state index in [4.69, 9.17) is 15.5 Å². The molecule has 0 radical (unpaired) electrons. The summed E-state index contributed by atoms with van der Waals surface area (Å²) < 4.78 is 7.49. The molecule has 154 valence electrons. The molecular weight excluding hydrogens is 366 g/mol. The third-order valence-electron chi connectivity index (χ3n) is 5.47. The molecule has 0 bridgehead atoms. The van der Waals surface area contributed by atoms with E-state index in [9.17, 15) is 0 Å². The van der Waals surface area contributed by atoms with E-state index in [1.165, 1.54) is 24.8 Å². The van der Waals surface area contributed by atoms with Gasteiger partial charge in [0.1, 0.15) is 5.82 Å². The highest BCUT2D eigenvalue weighted by atomic mass is 16.5. The van der Waals surface area contributed by atoms with Gasteiger partial charge in [0.05, 0.1) is 18.0 Å². The van der Waals surface area contributed by atoms with Gasteiger partial charge in [-0.3, -0.25) is 0 Å². The van der Waals surface area contributed by atoms with Crippen LogP contribution in [0.25, 0.3) is 5.65 Å². The lowest BCUT2D eigenvalue weighted by molar-refractivity contribution is 0.196. The Balaban J connectivity index is 1.59. The minimum Gasteiger partial charge on any atom is -0.459 e. The molecular formula is C21H29N7O. The van der Waals surface area contributed by atoms with Gasteiger partial charge in [-0.05, 0) is 50.7 Å². The number of ether oxygens (including phenoxy) is 1. The lowest BCUT2D eigenvalue weighted by atomic mass is 10.1. The lowest BCUT2D eigenvalue weighted by Crippen LogP contribution is -2.30. The highest BCUT2D eigenvalue weighted by molar-refractivity contribution is 5.60. The average Bonchev–Trinajstić information content (AvgIpc) is 3.12. The summed E-state index contributed by atoms with van der Waals surface area (Å²) in [6, 6.07) is 2.48. The zero-order chi connectivity index (χ0) is 20.4. The molecule has 1 fully saturated rings. The number of imidazole rings is 1. The predicted molar refractivity (Wildman–Crippen MR) is 113 cm³/mol. The summed E-state index contributed by atoms with van der Waals surface area (Å²) in [6.45, 7) is 8.35. The molecule has 1 aliphatic rings. The Labute approximate surface area is 171 Å². The van der Waals surface area contributed by atoms with Gasteiger partial charge in [0.15, 0.2) is 11.5 Å². The van der Waals surface area contributed by atoms with Crippen molar-refractivity contribution in [1.82, 2.24) is 24.6 Å². The molecule has 2 N–H and O–H groups in total. The third kappa shape index (κ3) is 4.11. The van der Waals surface area contributed by atoms with E-state index in [2.05, 4.69) is 39.9 Å². The first-order valence-corrected chi connectivity index (χ1v) is 10.4. The normalized spacial score (nSPS) is 15.6. The number of anilines is 2. The maximum absolute atomic E-state index is 6.08. The number of nitrogens with two attached hydrogens (primary N) is 1. The van der Waals surface area contributed by atoms with Crippen molar-refractivity contribution in [3.05, 3.63) is 35.3 Å². The van der Waals surface area contributed by atoms with Gasteiger partial charge in [-0.2, -0.15) is 4.98 Å². The molecule has 1 aliphatic heterocycles. The van der Waals surface area contributed by atoms with Crippen molar-refractivity contribution in [3.63, 3.8) is 0 Å². The largest absolute Gasteiger partial charge is 0.459 e. The van der Waals surface area contributed by atoms with E-state index >= 15 is 0 Å². The molecule has 3 aromatic rings. The standard InChI is InChI=1S/C21H29N7O/c1-4-15(3)29-21-25-18(22)20-24-13-17(28(20)26-21)11-16-10-14(2)19(23-12-16)27-8-6-5-7-9-27/h10,12-13,15H,4-9,11H2,1-3H3,(H2,22,25,26). The number of pyridine rings is 1. The zero-order valence-corrected chi connectivity index (χ0v) is 17.4. The van der Waals surface area contributed by atoms with Crippen LogP contribution in [0, 0.1) is 6.92 Å². The SMILES string of the molecule is CCC(C)Oc1nc(N)c2ncc(Cc3cnc(N4CCCCC4)c(C)c3)n2n1. The van der Waals surface area contributed by atoms with Gasteiger partial charge in [-0.25, -0.2) is 14.5 Å². The smallest absolute Gasteiger partial charge is 0.336 e. The first kappa shape index (κ1) is 19.4. The summed E-state index contributed by atoms with van der Waals surface area (Å²) in [5.74, 6) is 1.42. The molecule has 0 aliphatic carbocycles. The first-order chi connectivity index (χ1) is 14.0. The molecule has 1 atom stereocenters. The number of piperidine rings is 1. The number of nitrogens with zero attached hydrogens (tertiary/aromatic N) is 6. The fourth-order valence-electron chi connectivity index (χ4n) is 3.73. The van der Waals surface area contributed by atoms with Gasteiger partial charge in [0, 0.05) is 25.7 Å². The van der Waals surface area contributed by atoms with Crippen molar-refractivity contribution < 1.29 is 4.74 Å². The topological polar surface area (TPSA) is 94.5 Å². The van der Waals surface area contributed by atoms with E-state index in [0.717, 1.165) is 36.6 Å². The van der Waals surface area contributed by atoms with Crippen molar-refractivity contribution in [3.8, 4) is 6.01 Å². The molecule has 3 aromatic heterocycles. The predicted octanol–water partition coefficient (Wildman–Crippen LogP) is 3.17. The Hall–Kier alpha value is -2.90. The van der Waals surface area contributed by atoms with Crippen LogP contribution in [0.5, 0.6) is 6.01 Å². The molecule has 0 aromatic carbocycles. The molecule has 4 heterocycles. The molecule has 8 nitrogen and oxygen atoms in total. The summed E-state index contributed by atoms with van der Waals surface area (Å²) in [6.07, 6.45) is 9.10. The number of aromatic nitrogens is 5. The first-order valence-electron chi connectivity index (χ1n) is 10.4. The summed E-state index contributed by atoms with van der Waals surface area (Å²) >= 11 is 0. The number of nitrogen functional groups attached to an aromatic ring is 1. The third-order valence-corrected chi connectivity index (χ3v) is 5.47. The van der Waals surface area contributed by atoms with E-state index in [0.29, 0.717) is 17.9 Å². The Bertz CT molecular complexity index is 994. The molecule has 8 heteroatoms. The van der Waals surface area contributed by atoms with Crippen LogP contribution in [0.3, 0.4) is 0 Å². The number of rotatable bonds is 6. The second-order valence-electron chi connectivity index (χ2n) is 7.81. The number of fused-ring (bicyclic) bond motifs is 1. The molecule has 0 spiro atoms. The van der Waals surface area contributed by atoms with Gasteiger partial charge in [-0.1, -0.05) is 13.0 Å². The van der Waals surface area contributed by atoms with Gasteiger partial charge >= 0.3 is 6.01 Å². The number of hydrogen-bond donors (Lipinski definition) is 1. The zero-order valence-electron chi connectivity index (χ0n) is 17.4. The highest BCUT2D eigenvalue weighted by Gasteiger charge is 2.16. The van der Waals surface area contributed by atoms with E-state index in [1.54, 1.807) is 10.7 Å². The molecule has 1 saturated heterocycles. The Morgan fingerprint density at radius 1 is 1.17 bits per heavy atom. The monoisotopic (exact) mass is 395 g/mol.